The highest BCUT2D eigenvalue weighted by atomic mass is 79.9. The molecule has 2 rings (SSSR count). The van der Waals surface area contributed by atoms with Gasteiger partial charge in [-0.3, -0.25) is 0 Å². The van der Waals surface area contributed by atoms with Crippen molar-refractivity contribution in [2.24, 2.45) is 0 Å². The van der Waals surface area contributed by atoms with E-state index in [1.54, 1.807) is 6.20 Å². The molecule has 2 aromatic heterocycles. The van der Waals surface area contributed by atoms with E-state index in [0.717, 1.165) is 23.3 Å². The van der Waals surface area contributed by atoms with Gasteiger partial charge in [0.1, 0.15) is 5.82 Å². The zero-order valence-corrected chi connectivity index (χ0v) is 12.5. The number of nitrogens with one attached hydrogen (secondary N) is 1. The highest BCUT2D eigenvalue weighted by Gasteiger charge is 2.03. The largest absolute Gasteiger partial charge is 0.364 e. The molecule has 1 N–H and O–H groups in total. The molecule has 2 heterocycles. The Labute approximate surface area is 118 Å². The van der Waals surface area contributed by atoms with E-state index in [4.69, 9.17) is 11.6 Å². The molecule has 0 aliphatic carbocycles. The molecule has 0 aliphatic rings. The number of rotatable bonds is 4. The molecule has 0 aromatic carbocycles. The number of thiophene rings is 1. The Morgan fingerprint density at radius 3 is 2.82 bits per heavy atom. The maximum Gasteiger partial charge on any atom is 0.145 e. The number of halogens is 2. The smallest absolute Gasteiger partial charge is 0.145 e. The van der Waals surface area contributed by atoms with Gasteiger partial charge in [0, 0.05) is 20.4 Å². The fraction of sp³-hybridized carbons (Fsp3) is 0.250. The monoisotopic (exact) mass is 330 g/mol. The molecule has 0 amide bonds. The molecule has 90 valence electrons. The van der Waals surface area contributed by atoms with Crippen molar-refractivity contribution in [3.63, 3.8) is 0 Å². The van der Waals surface area contributed by atoms with Crippen LogP contribution in [-0.4, -0.2) is 4.98 Å². The van der Waals surface area contributed by atoms with Crippen molar-refractivity contribution in [1.29, 1.82) is 0 Å². The van der Waals surface area contributed by atoms with E-state index in [-0.39, 0.29) is 0 Å². The second-order valence-electron chi connectivity index (χ2n) is 3.56. The van der Waals surface area contributed by atoms with Gasteiger partial charge in [-0.1, -0.05) is 18.5 Å². The van der Waals surface area contributed by atoms with Gasteiger partial charge in [-0.05, 0) is 40.5 Å². The number of aryl methyl sites for hydroxylation is 1. The van der Waals surface area contributed by atoms with Gasteiger partial charge in [0.05, 0.1) is 11.6 Å². The van der Waals surface area contributed by atoms with Crippen LogP contribution in [0.2, 0.25) is 5.02 Å². The highest BCUT2D eigenvalue weighted by molar-refractivity contribution is 9.10. The van der Waals surface area contributed by atoms with E-state index in [2.05, 4.69) is 45.3 Å². The molecule has 17 heavy (non-hydrogen) atoms. The van der Waals surface area contributed by atoms with Crippen LogP contribution < -0.4 is 5.32 Å². The second kappa shape index (κ2) is 5.85. The lowest BCUT2D eigenvalue weighted by atomic mass is 10.3. The Hall–Kier alpha value is -0.580. The molecule has 2 nitrogen and oxygen atoms in total. The second-order valence-corrected chi connectivity index (χ2v) is 6.13. The molecule has 0 saturated heterocycles. The third-order valence-electron chi connectivity index (χ3n) is 2.30. The lowest BCUT2D eigenvalue weighted by molar-refractivity contribution is 1.14. The van der Waals surface area contributed by atoms with E-state index >= 15 is 0 Å². The molecule has 5 heteroatoms. The summed E-state index contributed by atoms with van der Waals surface area (Å²) < 4.78 is 0.887. The van der Waals surface area contributed by atoms with Crippen molar-refractivity contribution in [1.82, 2.24) is 4.98 Å². The van der Waals surface area contributed by atoms with Gasteiger partial charge in [-0.15, -0.1) is 11.3 Å². The SMILES string of the molecule is CCc1ccc(CNc2ncc(Br)cc2Cl)s1. The van der Waals surface area contributed by atoms with Crippen LogP contribution >= 0.6 is 38.9 Å². The third kappa shape index (κ3) is 3.44. The number of nitrogens with zero attached hydrogens (tertiary/aromatic N) is 1. The van der Waals surface area contributed by atoms with Crippen molar-refractivity contribution in [3.8, 4) is 0 Å². The minimum Gasteiger partial charge on any atom is -0.364 e. The summed E-state index contributed by atoms with van der Waals surface area (Å²) in [4.78, 5) is 6.93. The molecule has 0 radical (unpaired) electrons. The lowest BCUT2D eigenvalue weighted by Crippen LogP contribution is -2.00. The van der Waals surface area contributed by atoms with Crippen LogP contribution in [0.25, 0.3) is 0 Å². The molecule has 0 saturated carbocycles. The number of aromatic nitrogens is 1. The summed E-state index contributed by atoms with van der Waals surface area (Å²) in [5.41, 5.74) is 0. The standard InChI is InChI=1S/C12H12BrClN2S/c1-2-9-3-4-10(17-9)7-16-12-11(14)5-8(13)6-15-12/h3-6H,2,7H2,1H3,(H,15,16). The summed E-state index contributed by atoms with van der Waals surface area (Å²) in [6.45, 7) is 2.93. The van der Waals surface area contributed by atoms with Gasteiger partial charge in [-0.25, -0.2) is 4.98 Å². The fourth-order valence-corrected chi connectivity index (χ4v) is 3.02. The van der Waals surface area contributed by atoms with Crippen LogP contribution in [-0.2, 0) is 13.0 Å². The van der Waals surface area contributed by atoms with Crippen molar-refractivity contribution < 1.29 is 0 Å². The molecule has 0 spiro atoms. The molecule has 0 bridgehead atoms. The van der Waals surface area contributed by atoms with Gasteiger partial charge in [0.25, 0.3) is 0 Å². The summed E-state index contributed by atoms with van der Waals surface area (Å²) in [6.07, 6.45) is 2.82. The topological polar surface area (TPSA) is 24.9 Å². The van der Waals surface area contributed by atoms with Gasteiger partial charge >= 0.3 is 0 Å². The number of hydrogen-bond acceptors (Lipinski definition) is 3. The minimum absolute atomic E-state index is 0.631. The van der Waals surface area contributed by atoms with Gasteiger partial charge < -0.3 is 5.32 Å². The first-order chi connectivity index (χ1) is 8.19. The zero-order valence-electron chi connectivity index (χ0n) is 9.34. The summed E-state index contributed by atoms with van der Waals surface area (Å²) in [5.74, 6) is 0.723. The van der Waals surface area contributed by atoms with Crippen molar-refractivity contribution in [2.45, 2.75) is 19.9 Å². The third-order valence-corrected chi connectivity index (χ3v) is 4.25. The number of anilines is 1. The van der Waals surface area contributed by atoms with Crippen molar-refractivity contribution >= 4 is 44.7 Å². The maximum atomic E-state index is 6.08. The molecule has 0 aliphatic heterocycles. The molecular formula is C12H12BrClN2S. The van der Waals surface area contributed by atoms with E-state index in [0.29, 0.717) is 5.02 Å². The summed E-state index contributed by atoms with van der Waals surface area (Å²) in [6, 6.07) is 6.14. The van der Waals surface area contributed by atoms with Crippen LogP contribution in [0.4, 0.5) is 5.82 Å². The van der Waals surface area contributed by atoms with E-state index in [9.17, 15) is 0 Å². The number of pyridine rings is 1. The first-order valence-electron chi connectivity index (χ1n) is 5.31. The van der Waals surface area contributed by atoms with E-state index in [1.807, 2.05) is 17.4 Å². The van der Waals surface area contributed by atoms with Crippen LogP contribution in [0, 0.1) is 0 Å². The predicted octanol–water partition coefficient (Wildman–Crippen LogP) is 4.73. The summed E-state index contributed by atoms with van der Waals surface area (Å²) in [7, 11) is 0. The van der Waals surface area contributed by atoms with Crippen LogP contribution in [0.1, 0.15) is 16.7 Å². The van der Waals surface area contributed by atoms with Crippen LogP contribution in [0.15, 0.2) is 28.9 Å². The minimum atomic E-state index is 0.631. The van der Waals surface area contributed by atoms with Gasteiger partial charge in [0.15, 0.2) is 0 Å². The average Bonchev–Trinajstić information content (AvgIpc) is 2.76. The maximum absolute atomic E-state index is 6.08. The fourth-order valence-electron chi connectivity index (χ4n) is 1.42. The molecule has 0 fully saturated rings. The Morgan fingerprint density at radius 2 is 2.18 bits per heavy atom. The molecule has 0 unspecified atom stereocenters. The van der Waals surface area contributed by atoms with E-state index < -0.39 is 0 Å². The Bertz CT molecular complexity index is 513. The van der Waals surface area contributed by atoms with E-state index in [1.165, 1.54) is 9.75 Å². The lowest BCUT2D eigenvalue weighted by Gasteiger charge is -2.05. The van der Waals surface area contributed by atoms with Crippen LogP contribution in [0.5, 0.6) is 0 Å². The summed E-state index contributed by atoms with van der Waals surface area (Å²) >= 11 is 11.2. The van der Waals surface area contributed by atoms with Gasteiger partial charge in [0.2, 0.25) is 0 Å². The first kappa shape index (κ1) is 12.9. The first-order valence-corrected chi connectivity index (χ1v) is 7.30. The highest BCUT2D eigenvalue weighted by Crippen LogP contribution is 2.24. The summed E-state index contributed by atoms with van der Waals surface area (Å²) in [5, 5.41) is 3.87. The Morgan fingerprint density at radius 1 is 1.41 bits per heavy atom. The predicted molar refractivity (Wildman–Crippen MR) is 78.0 cm³/mol. The molecule has 2 aromatic rings. The Kier molecular flexibility index (Phi) is 4.42. The quantitative estimate of drug-likeness (QED) is 0.875. The normalized spacial score (nSPS) is 10.5. The van der Waals surface area contributed by atoms with Gasteiger partial charge in [-0.2, -0.15) is 0 Å². The van der Waals surface area contributed by atoms with Crippen molar-refractivity contribution in [3.05, 3.63) is 43.6 Å². The van der Waals surface area contributed by atoms with Crippen molar-refractivity contribution in [2.75, 3.05) is 5.32 Å². The van der Waals surface area contributed by atoms with Crippen LogP contribution in [0.3, 0.4) is 0 Å². The average molecular weight is 332 g/mol. The molecular weight excluding hydrogens is 320 g/mol. The Balaban J connectivity index is 2.02. The number of hydrogen-bond donors (Lipinski definition) is 1. The molecule has 0 atom stereocenters. The zero-order chi connectivity index (χ0) is 12.3.